The monoisotopic (exact) mass is 372 g/mol. The minimum Gasteiger partial charge on any atom is -0.0887 e. The zero-order valence-electron chi connectivity index (χ0n) is 13.4. The molecule has 1 aromatic carbocycles. The van der Waals surface area contributed by atoms with Gasteiger partial charge in [0.25, 0.3) is 0 Å². The summed E-state index contributed by atoms with van der Waals surface area (Å²) in [5, 5.41) is 0.897. The smallest absolute Gasteiger partial charge is 0.0438 e. The highest BCUT2D eigenvalue weighted by molar-refractivity contribution is 9.09. The lowest BCUT2D eigenvalue weighted by Gasteiger charge is -2.11. The Labute approximate surface area is 144 Å². The fourth-order valence-corrected chi connectivity index (χ4v) is 3.57. The summed E-state index contributed by atoms with van der Waals surface area (Å²) in [6.45, 7) is 2.28. The molecule has 1 aromatic rings. The van der Waals surface area contributed by atoms with E-state index in [0.717, 1.165) is 11.4 Å². The van der Waals surface area contributed by atoms with E-state index in [1.165, 1.54) is 69.8 Å². The largest absolute Gasteiger partial charge is 0.0887 e. The van der Waals surface area contributed by atoms with Gasteiger partial charge in [-0.3, -0.25) is 0 Å². The Bertz CT molecular complexity index is 364. The molecule has 0 aliphatic heterocycles. The lowest BCUT2D eigenvalue weighted by atomic mass is 10.0. The van der Waals surface area contributed by atoms with Gasteiger partial charge >= 0.3 is 0 Å². The second kappa shape index (κ2) is 12.5. The average molecular weight is 374 g/mol. The van der Waals surface area contributed by atoms with E-state index in [4.69, 9.17) is 11.6 Å². The maximum Gasteiger partial charge on any atom is 0.0438 e. The fraction of sp³-hybridized carbons (Fsp3) is 0.684. The Morgan fingerprint density at radius 3 is 2.10 bits per heavy atom. The van der Waals surface area contributed by atoms with Crippen LogP contribution in [0, 0.1) is 0 Å². The fourth-order valence-electron chi connectivity index (χ4n) is 2.68. The van der Waals surface area contributed by atoms with Gasteiger partial charge in [-0.2, -0.15) is 0 Å². The van der Waals surface area contributed by atoms with Crippen LogP contribution in [0.1, 0.15) is 76.7 Å². The lowest BCUT2D eigenvalue weighted by molar-refractivity contribution is 0.553. The Morgan fingerprint density at radius 1 is 0.905 bits per heavy atom. The van der Waals surface area contributed by atoms with Crippen LogP contribution >= 0.6 is 27.5 Å². The van der Waals surface area contributed by atoms with Gasteiger partial charge in [0.1, 0.15) is 0 Å². The molecule has 120 valence electrons. The van der Waals surface area contributed by atoms with E-state index >= 15 is 0 Å². The first-order valence-corrected chi connectivity index (χ1v) is 9.91. The Balaban J connectivity index is 1.99. The second-order valence-electron chi connectivity index (χ2n) is 6.01. The highest BCUT2D eigenvalue weighted by Gasteiger charge is 2.07. The number of benzene rings is 1. The van der Waals surface area contributed by atoms with Gasteiger partial charge in [0.2, 0.25) is 0 Å². The molecule has 2 heteroatoms. The molecule has 0 spiro atoms. The van der Waals surface area contributed by atoms with Crippen LogP contribution < -0.4 is 0 Å². The van der Waals surface area contributed by atoms with Crippen molar-refractivity contribution in [3.8, 4) is 0 Å². The summed E-state index contributed by atoms with van der Waals surface area (Å²) in [6.07, 6.45) is 14.9. The van der Waals surface area contributed by atoms with Crippen LogP contribution in [0.2, 0.25) is 5.02 Å². The number of hydrogen-bond donors (Lipinski definition) is 0. The third kappa shape index (κ3) is 9.58. The first-order chi connectivity index (χ1) is 10.2. The minimum atomic E-state index is 0.557. The molecule has 0 aromatic heterocycles. The van der Waals surface area contributed by atoms with Crippen molar-refractivity contribution in [2.75, 3.05) is 0 Å². The van der Waals surface area contributed by atoms with E-state index in [1.54, 1.807) is 0 Å². The Morgan fingerprint density at radius 2 is 1.48 bits per heavy atom. The molecular formula is C19H30BrCl. The van der Waals surface area contributed by atoms with Gasteiger partial charge in [-0.15, -0.1) is 0 Å². The molecule has 0 saturated heterocycles. The van der Waals surface area contributed by atoms with Gasteiger partial charge in [0.05, 0.1) is 0 Å². The van der Waals surface area contributed by atoms with Crippen molar-refractivity contribution >= 4 is 27.5 Å². The molecule has 1 rings (SSSR count). The van der Waals surface area contributed by atoms with Gasteiger partial charge in [-0.05, 0) is 24.5 Å². The molecule has 0 aliphatic rings. The van der Waals surface area contributed by atoms with E-state index < -0.39 is 0 Å². The maximum atomic E-state index is 6.20. The molecule has 0 fully saturated rings. The van der Waals surface area contributed by atoms with Crippen molar-refractivity contribution in [2.24, 2.45) is 0 Å². The summed E-state index contributed by atoms with van der Waals surface area (Å²) in [7, 11) is 0. The summed E-state index contributed by atoms with van der Waals surface area (Å²) in [4.78, 5) is 0.557. The molecule has 0 nitrogen and oxygen atoms in total. The van der Waals surface area contributed by atoms with Crippen molar-refractivity contribution in [3.63, 3.8) is 0 Å². The van der Waals surface area contributed by atoms with Crippen LogP contribution in [0.15, 0.2) is 24.3 Å². The van der Waals surface area contributed by atoms with Crippen LogP contribution in [0.5, 0.6) is 0 Å². The molecule has 21 heavy (non-hydrogen) atoms. The topological polar surface area (TPSA) is 0 Å². The molecule has 0 radical (unpaired) electrons. The minimum absolute atomic E-state index is 0.557. The predicted octanol–water partition coefficient (Wildman–Crippen LogP) is 7.57. The number of hydrogen-bond acceptors (Lipinski definition) is 0. The first kappa shape index (κ1) is 19.0. The van der Waals surface area contributed by atoms with E-state index in [0.29, 0.717) is 4.83 Å². The summed E-state index contributed by atoms with van der Waals surface area (Å²) in [5.74, 6) is 0. The van der Waals surface area contributed by atoms with E-state index in [1.807, 2.05) is 12.1 Å². The van der Waals surface area contributed by atoms with Crippen LogP contribution in [0.4, 0.5) is 0 Å². The average Bonchev–Trinajstić information content (AvgIpc) is 2.48. The molecule has 1 unspecified atom stereocenters. The van der Waals surface area contributed by atoms with Crippen molar-refractivity contribution in [2.45, 2.75) is 82.4 Å². The third-order valence-corrected chi connectivity index (χ3v) is 5.17. The third-order valence-electron chi connectivity index (χ3n) is 4.02. The van der Waals surface area contributed by atoms with Crippen LogP contribution in [0.3, 0.4) is 0 Å². The summed E-state index contributed by atoms with van der Waals surface area (Å²) in [6, 6.07) is 8.18. The molecule has 0 aliphatic carbocycles. The quantitative estimate of drug-likeness (QED) is 0.262. The second-order valence-corrected chi connectivity index (χ2v) is 7.71. The zero-order chi connectivity index (χ0) is 15.3. The molecule has 1 atom stereocenters. The number of alkyl halides is 1. The summed E-state index contributed by atoms with van der Waals surface area (Å²) >= 11 is 10.0. The molecule has 0 heterocycles. The van der Waals surface area contributed by atoms with Gasteiger partial charge in [-0.1, -0.05) is 110 Å². The van der Waals surface area contributed by atoms with Crippen molar-refractivity contribution < 1.29 is 0 Å². The summed E-state index contributed by atoms with van der Waals surface area (Å²) < 4.78 is 0. The standard InChI is InChI=1S/C19H30BrCl/c1-2-3-4-5-6-7-8-9-10-14-18(20)16-17-13-11-12-15-19(17)21/h11-13,15,18H,2-10,14,16H2,1H3. The highest BCUT2D eigenvalue weighted by Crippen LogP contribution is 2.22. The van der Waals surface area contributed by atoms with Gasteiger partial charge < -0.3 is 0 Å². The van der Waals surface area contributed by atoms with E-state index in [-0.39, 0.29) is 0 Å². The molecule has 0 amide bonds. The summed E-state index contributed by atoms with van der Waals surface area (Å²) in [5.41, 5.74) is 1.26. The SMILES string of the molecule is CCCCCCCCCCCC(Br)Cc1ccccc1Cl. The normalized spacial score (nSPS) is 12.5. The molecule has 0 saturated carbocycles. The predicted molar refractivity (Wildman–Crippen MR) is 99.7 cm³/mol. The van der Waals surface area contributed by atoms with E-state index in [9.17, 15) is 0 Å². The number of halogens is 2. The maximum absolute atomic E-state index is 6.20. The van der Waals surface area contributed by atoms with Crippen molar-refractivity contribution in [1.82, 2.24) is 0 Å². The molecular weight excluding hydrogens is 344 g/mol. The Kier molecular flexibility index (Phi) is 11.4. The van der Waals surface area contributed by atoms with Crippen LogP contribution in [-0.2, 0) is 6.42 Å². The van der Waals surface area contributed by atoms with Crippen LogP contribution in [-0.4, -0.2) is 4.83 Å². The molecule has 0 bridgehead atoms. The van der Waals surface area contributed by atoms with Gasteiger partial charge in [0, 0.05) is 9.85 Å². The Hall–Kier alpha value is -0.0100. The number of rotatable bonds is 12. The molecule has 0 N–H and O–H groups in total. The highest BCUT2D eigenvalue weighted by atomic mass is 79.9. The lowest BCUT2D eigenvalue weighted by Crippen LogP contribution is -2.03. The zero-order valence-corrected chi connectivity index (χ0v) is 15.8. The van der Waals surface area contributed by atoms with Gasteiger partial charge in [-0.25, -0.2) is 0 Å². The number of unbranched alkanes of at least 4 members (excludes halogenated alkanes) is 8. The first-order valence-electron chi connectivity index (χ1n) is 8.61. The van der Waals surface area contributed by atoms with E-state index in [2.05, 4.69) is 35.0 Å². The van der Waals surface area contributed by atoms with Crippen LogP contribution in [0.25, 0.3) is 0 Å². The van der Waals surface area contributed by atoms with Crippen molar-refractivity contribution in [3.05, 3.63) is 34.9 Å². The van der Waals surface area contributed by atoms with Crippen molar-refractivity contribution in [1.29, 1.82) is 0 Å². The van der Waals surface area contributed by atoms with Gasteiger partial charge in [0.15, 0.2) is 0 Å².